The molecule has 0 aliphatic heterocycles. The molecule has 0 radical (unpaired) electrons. The van der Waals surface area contributed by atoms with Crippen LogP contribution in [0.2, 0.25) is 0 Å². The number of fused-ring (bicyclic) bond motifs is 1. The van der Waals surface area contributed by atoms with Gasteiger partial charge in [0.1, 0.15) is 5.82 Å². The third-order valence-electron chi connectivity index (χ3n) is 4.39. The van der Waals surface area contributed by atoms with Crippen molar-refractivity contribution in [1.29, 1.82) is 0 Å². The van der Waals surface area contributed by atoms with E-state index in [2.05, 4.69) is 15.3 Å². The molecule has 1 amide bonds. The molecule has 2 aromatic rings. The standard InChI is InChI=1S/C16H18F3N3O/c1-9-20-13-7-6-10(8-14(13)21-9)22-15(23)11-4-2-3-5-12(11)16(17,18)19/h6-8,11-12H,2-5H2,1H3,(H,20,21)(H,22,23). The number of aromatic nitrogens is 2. The summed E-state index contributed by atoms with van der Waals surface area (Å²) in [5.41, 5.74) is 1.99. The van der Waals surface area contributed by atoms with Crippen LogP contribution in [0.3, 0.4) is 0 Å². The molecule has 1 heterocycles. The van der Waals surface area contributed by atoms with Gasteiger partial charge in [-0.1, -0.05) is 12.8 Å². The Bertz CT molecular complexity index is 723. The smallest absolute Gasteiger partial charge is 0.342 e. The highest BCUT2D eigenvalue weighted by Crippen LogP contribution is 2.41. The van der Waals surface area contributed by atoms with Gasteiger partial charge in [0.2, 0.25) is 5.91 Å². The third-order valence-corrected chi connectivity index (χ3v) is 4.39. The number of carbonyl (C=O) groups excluding carboxylic acids is 1. The summed E-state index contributed by atoms with van der Waals surface area (Å²) in [6.45, 7) is 1.81. The van der Waals surface area contributed by atoms with Gasteiger partial charge in [-0.15, -0.1) is 0 Å². The maximum atomic E-state index is 13.1. The Morgan fingerprint density at radius 1 is 1.30 bits per heavy atom. The van der Waals surface area contributed by atoms with Crippen molar-refractivity contribution in [1.82, 2.24) is 9.97 Å². The van der Waals surface area contributed by atoms with E-state index in [4.69, 9.17) is 0 Å². The van der Waals surface area contributed by atoms with Crippen molar-refractivity contribution in [3.8, 4) is 0 Å². The Kier molecular flexibility index (Phi) is 4.04. The van der Waals surface area contributed by atoms with Crippen LogP contribution in [0.5, 0.6) is 0 Å². The molecule has 7 heteroatoms. The number of alkyl halides is 3. The minimum absolute atomic E-state index is 0.0281. The van der Waals surface area contributed by atoms with Gasteiger partial charge < -0.3 is 10.3 Å². The predicted molar refractivity (Wildman–Crippen MR) is 81.0 cm³/mol. The van der Waals surface area contributed by atoms with Crippen molar-refractivity contribution in [3.63, 3.8) is 0 Å². The topological polar surface area (TPSA) is 57.8 Å². The van der Waals surface area contributed by atoms with Gasteiger partial charge in [-0.2, -0.15) is 13.2 Å². The van der Waals surface area contributed by atoms with Crippen LogP contribution in [0.25, 0.3) is 11.0 Å². The monoisotopic (exact) mass is 325 g/mol. The number of nitrogens with zero attached hydrogens (tertiary/aromatic N) is 1. The molecule has 0 saturated heterocycles. The van der Waals surface area contributed by atoms with Crippen LogP contribution in [0.15, 0.2) is 18.2 Å². The second kappa shape index (κ2) is 5.86. The number of nitrogens with one attached hydrogen (secondary N) is 2. The third kappa shape index (κ3) is 3.33. The number of aryl methyl sites for hydroxylation is 1. The van der Waals surface area contributed by atoms with Gasteiger partial charge in [0.25, 0.3) is 0 Å². The molecule has 2 atom stereocenters. The molecule has 0 spiro atoms. The molecule has 1 aromatic heterocycles. The van der Waals surface area contributed by atoms with E-state index in [1.807, 2.05) is 6.92 Å². The van der Waals surface area contributed by atoms with Gasteiger partial charge in [-0.25, -0.2) is 4.98 Å². The number of hydrogen-bond donors (Lipinski definition) is 2. The summed E-state index contributed by atoms with van der Waals surface area (Å²) >= 11 is 0. The molecule has 1 fully saturated rings. The molecule has 3 rings (SSSR count). The number of rotatable bonds is 2. The van der Waals surface area contributed by atoms with Crippen LogP contribution in [0.4, 0.5) is 18.9 Å². The number of amides is 1. The minimum atomic E-state index is -4.33. The van der Waals surface area contributed by atoms with Crippen LogP contribution in [-0.2, 0) is 4.79 Å². The number of carbonyl (C=O) groups is 1. The van der Waals surface area contributed by atoms with E-state index >= 15 is 0 Å². The van der Waals surface area contributed by atoms with Crippen LogP contribution < -0.4 is 5.32 Å². The Morgan fingerprint density at radius 3 is 2.78 bits per heavy atom. The number of benzene rings is 1. The van der Waals surface area contributed by atoms with Crippen molar-refractivity contribution in [3.05, 3.63) is 24.0 Å². The molecule has 2 N–H and O–H groups in total. The van der Waals surface area contributed by atoms with E-state index in [0.29, 0.717) is 18.5 Å². The zero-order valence-corrected chi connectivity index (χ0v) is 12.7. The SMILES string of the molecule is Cc1nc2ccc(NC(=O)C3CCCCC3C(F)(F)F)cc2[nH]1. The molecule has 1 saturated carbocycles. The Balaban J connectivity index is 1.78. The number of imidazole rings is 1. The van der Waals surface area contributed by atoms with E-state index < -0.39 is 23.9 Å². The fourth-order valence-corrected chi connectivity index (χ4v) is 3.29. The highest BCUT2D eigenvalue weighted by Gasteiger charge is 2.48. The van der Waals surface area contributed by atoms with E-state index in [9.17, 15) is 18.0 Å². The van der Waals surface area contributed by atoms with Crippen molar-refractivity contribution < 1.29 is 18.0 Å². The number of halogens is 3. The lowest BCUT2D eigenvalue weighted by atomic mass is 9.78. The zero-order chi connectivity index (χ0) is 16.6. The molecular formula is C16H18F3N3O. The molecule has 0 bridgehead atoms. The molecule has 1 aliphatic rings. The first-order valence-electron chi connectivity index (χ1n) is 7.68. The maximum Gasteiger partial charge on any atom is 0.392 e. The second-order valence-electron chi connectivity index (χ2n) is 6.08. The van der Waals surface area contributed by atoms with Crippen LogP contribution in [0, 0.1) is 18.8 Å². The van der Waals surface area contributed by atoms with Gasteiger partial charge in [-0.3, -0.25) is 4.79 Å². The fourth-order valence-electron chi connectivity index (χ4n) is 3.29. The molecule has 2 unspecified atom stereocenters. The van der Waals surface area contributed by atoms with E-state index in [0.717, 1.165) is 16.9 Å². The first-order chi connectivity index (χ1) is 10.8. The average Bonchev–Trinajstić information content (AvgIpc) is 2.85. The number of H-pyrrole nitrogens is 1. The van der Waals surface area contributed by atoms with Crippen LogP contribution >= 0.6 is 0 Å². The highest BCUT2D eigenvalue weighted by atomic mass is 19.4. The largest absolute Gasteiger partial charge is 0.392 e. The maximum absolute atomic E-state index is 13.1. The molecule has 124 valence electrons. The Labute approximate surface area is 131 Å². The first kappa shape index (κ1) is 15.8. The number of aromatic amines is 1. The summed E-state index contributed by atoms with van der Waals surface area (Å²) in [5.74, 6) is -2.37. The molecule has 4 nitrogen and oxygen atoms in total. The predicted octanol–water partition coefficient (Wildman–Crippen LogP) is 4.18. The Morgan fingerprint density at radius 2 is 2.04 bits per heavy atom. The van der Waals surface area contributed by atoms with Gasteiger partial charge in [0, 0.05) is 11.6 Å². The summed E-state index contributed by atoms with van der Waals surface area (Å²) < 4.78 is 39.3. The van der Waals surface area contributed by atoms with Crippen molar-refractivity contribution in [2.24, 2.45) is 11.8 Å². The summed E-state index contributed by atoms with van der Waals surface area (Å²) in [4.78, 5) is 19.6. The Hall–Kier alpha value is -2.05. The van der Waals surface area contributed by atoms with Gasteiger partial charge in [0.05, 0.1) is 17.0 Å². The second-order valence-corrected chi connectivity index (χ2v) is 6.08. The van der Waals surface area contributed by atoms with E-state index in [-0.39, 0.29) is 12.8 Å². The summed E-state index contributed by atoms with van der Waals surface area (Å²) in [6.07, 6.45) is -2.84. The molecule has 23 heavy (non-hydrogen) atoms. The number of hydrogen-bond acceptors (Lipinski definition) is 2. The van der Waals surface area contributed by atoms with E-state index in [1.165, 1.54) is 0 Å². The normalized spacial score (nSPS) is 22.3. The van der Waals surface area contributed by atoms with Crippen LogP contribution in [0.1, 0.15) is 31.5 Å². The van der Waals surface area contributed by atoms with Crippen molar-refractivity contribution in [2.75, 3.05) is 5.32 Å². The lowest BCUT2D eigenvalue weighted by Crippen LogP contribution is -2.39. The fraction of sp³-hybridized carbons (Fsp3) is 0.500. The minimum Gasteiger partial charge on any atom is -0.342 e. The van der Waals surface area contributed by atoms with Gasteiger partial charge >= 0.3 is 6.18 Å². The first-order valence-corrected chi connectivity index (χ1v) is 7.68. The highest BCUT2D eigenvalue weighted by molar-refractivity contribution is 5.94. The quantitative estimate of drug-likeness (QED) is 0.870. The summed E-state index contributed by atoms with van der Waals surface area (Å²) in [6, 6.07) is 5.08. The van der Waals surface area contributed by atoms with Gasteiger partial charge in [0.15, 0.2) is 0 Å². The lowest BCUT2D eigenvalue weighted by molar-refractivity contribution is -0.197. The number of anilines is 1. The molecule has 1 aromatic carbocycles. The van der Waals surface area contributed by atoms with Crippen LogP contribution in [-0.4, -0.2) is 22.1 Å². The average molecular weight is 325 g/mol. The molecule has 1 aliphatic carbocycles. The van der Waals surface area contributed by atoms with Crippen molar-refractivity contribution >= 4 is 22.6 Å². The van der Waals surface area contributed by atoms with Crippen molar-refractivity contribution in [2.45, 2.75) is 38.8 Å². The molecular weight excluding hydrogens is 307 g/mol. The summed E-state index contributed by atoms with van der Waals surface area (Å²) in [7, 11) is 0. The van der Waals surface area contributed by atoms with Gasteiger partial charge in [-0.05, 0) is 38.0 Å². The lowest BCUT2D eigenvalue weighted by Gasteiger charge is -2.31. The van der Waals surface area contributed by atoms with E-state index in [1.54, 1.807) is 18.2 Å². The zero-order valence-electron chi connectivity index (χ0n) is 12.7. The summed E-state index contributed by atoms with van der Waals surface area (Å²) in [5, 5.41) is 2.63.